The highest BCUT2D eigenvalue weighted by molar-refractivity contribution is 5.77. The van der Waals surface area contributed by atoms with E-state index in [-0.39, 0.29) is 5.97 Å². The second kappa shape index (κ2) is 8.27. The van der Waals surface area contributed by atoms with Crippen molar-refractivity contribution in [1.82, 2.24) is 5.32 Å². The minimum absolute atomic E-state index is 0.285. The lowest BCUT2D eigenvalue weighted by Crippen LogP contribution is -2.29. The second-order valence-corrected chi connectivity index (χ2v) is 5.81. The average molecular weight is 331 g/mol. The minimum atomic E-state index is -0.472. The number of rotatable bonds is 6. The van der Waals surface area contributed by atoms with Crippen LogP contribution in [0.5, 0.6) is 0 Å². The van der Waals surface area contributed by atoms with Crippen LogP contribution in [-0.4, -0.2) is 13.1 Å². The van der Waals surface area contributed by atoms with Crippen LogP contribution in [-0.2, 0) is 16.1 Å². The first kappa shape index (κ1) is 16.9. The van der Waals surface area contributed by atoms with Crippen molar-refractivity contribution in [1.29, 1.82) is 0 Å². The molecular formula is C22H21NO2. The van der Waals surface area contributed by atoms with Crippen LogP contribution in [0.25, 0.3) is 11.1 Å². The molecule has 1 unspecified atom stereocenters. The summed E-state index contributed by atoms with van der Waals surface area (Å²) < 4.78 is 4.93. The normalized spacial score (nSPS) is 11.7. The van der Waals surface area contributed by atoms with E-state index in [4.69, 9.17) is 4.74 Å². The van der Waals surface area contributed by atoms with Gasteiger partial charge in [-0.25, -0.2) is 4.79 Å². The Morgan fingerprint density at radius 2 is 1.40 bits per heavy atom. The van der Waals surface area contributed by atoms with Crippen LogP contribution in [0.15, 0.2) is 84.9 Å². The van der Waals surface area contributed by atoms with Gasteiger partial charge in [-0.15, -0.1) is 0 Å². The number of hydrogen-bond donors (Lipinski definition) is 1. The van der Waals surface area contributed by atoms with Gasteiger partial charge in [0.05, 0.1) is 7.11 Å². The molecule has 3 aromatic carbocycles. The molecule has 0 aromatic heterocycles. The lowest BCUT2D eigenvalue weighted by atomic mass is 10.0. The van der Waals surface area contributed by atoms with Gasteiger partial charge in [-0.2, -0.15) is 0 Å². The number of benzene rings is 3. The molecule has 126 valence electrons. The highest BCUT2D eigenvalue weighted by Gasteiger charge is 2.20. The first-order valence-corrected chi connectivity index (χ1v) is 8.28. The molecule has 3 heteroatoms. The molecule has 0 heterocycles. The topological polar surface area (TPSA) is 38.3 Å². The zero-order valence-corrected chi connectivity index (χ0v) is 14.2. The monoisotopic (exact) mass is 331 g/mol. The van der Waals surface area contributed by atoms with Gasteiger partial charge in [0.15, 0.2) is 0 Å². The van der Waals surface area contributed by atoms with Crippen LogP contribution in [0.3, 0.4) is 0 Å². The average Bonchev–Trinajstić information content (AvgIpc) is 2.70. The zero-order chi connectivity index (χ0) is 17.5. The Labute approximate surface area is 148 Å². The van der Waals surface area contributed by atoms with Crippen molar-refractivity contribution in [2.75, 3.05) is 7.11 Å². The fourth-order valence-electron chi connectivity index (χ4n) is 2.77. The van der Waals surface area contributed by atoms with Crippen LogP contribution in [0, 0.1) is 0 Å². The maximum Gasteiger partial charge on any atom is 0.327 e. The molecule has 0 aliphatic carbocycles. The quantitative estimate of drug-likeness (QED) is 0.682. The van der Waals surface area contributed by atoms with Crippen molar-refractivity contribution in [3.05, 3.63) is 96.1 Å². The van der Waals surface area contributed by atoms with Gasteiger partial charge in [-0.3, -0.25) is 5.32 Å². The van der Waals surface area contributed by atoms with Crippen molar-refractivity contribution >= 4 is 5.97 Å². The predicted molar refractivity (Wildman–Crippen MR) is 99.9 cm³/mol. The highest BCUT2D eigenvalue weighted by atomic mass is 16.5. The van der Waals surface area contributed by atoms with Crippen molar-refractivity contribution in [2.45, 2.75) is 12.6 Å². The molecule has 0 amide bonds. The third-order valence-corrected chi connectivity index (χ3v) is 4.14. The maximum atomic E-state index is 12.1. The van der Waals surface area contributed by atoms with E-state index >= 15 is 0 Å². The van der Waals surface area contributed by atoms with Crippen molar-refractivity contribution < 1.29 is 9.53 Å². The summed E-state index contributed by atoms with van der Waals surface area (Å²) in [5.41, 5.74) is 4.38. The summed E-state index contributed by atoms with van der Waals surface area (Å²) >= 11 is 0. The van der Waals surface area contributed by atoms with Gasteiger partial charge in [0.1, 0.15) is 6.04 Å². The predicted octanol–water partition coefficient (Wildman–Crippen LogP) is 4.36. The summed E-state index contributed by atoms with van der Waals surface area (Å²) in [4.78, 5) is 12.1. The van der Waals surface area contributed by atoms with Gasteiger partial charge in [0, 0.05) is 6.54 Å². The van der Waals surface area contributed by atoms with Crippen molar-refractivity contribution in [2.24, 2.45) is 0 Å². The molecule has 0 bridgehead atoms. The second-order valence-electron chi connectivity index (χ2n) is 5.81. The van der Waals surface area contributed by atoms with E-state index in [1.54, 1.807) is 0 Å². The third kappa shape index (κ3) is 4.34. The molecule has 0 saturated carbocycles. The molecule has 3 nitrogen and oxygen atoms in total. The molecule has 3 rings (SSSR count). The lowest BCUT2D eigenvalue weighted by molar-refractivity contribution is -0.143. The van der Waals surface area contributed by atoms with Gasteiger partial charge in [-0.05, 0) is 22.3 Å². The van der Waals surface area contributed by atoms with E-state index in [0.717, 1.165) is 11.1 Å². The molecule has 25 heavy (non-hydrogen) atoms. The summed E-state index contributed by atoms with van der Waals surface area (Å²) in [7, 11) is 1.41. The lowest BCUT2D eigenvalue weighted by Gasteiger charge is -2.17. The molecule has 0 aliphatic rings. The molecule has 0 fully saturated rings. The van der Waals surface area contributed by atoms with Gasteiger partial charge in [0.2, 0.25) is 0 Å². The summed E-state index contributed by atoms with van der Waals surface area (Å²) in [5, 5.41) is 3.29. The van der Waals surface area contributed by atoms with Gasteiger partial charge in [-0.1, -0.05) is 84.9 Å². The van der Waals surface area contributed by atoms with Crippen LogP contribution < -0.4 is 5.32 Å². The van der Waals surface area contributed by atoms with Crippen molar-refractivity contribution in [3.8, 4) is 11.1 Å². The number of ether oxygens (including phenoxy) is 1. The van der Waals surface area contributed by atoms with Gasteiger partial charge >= 0.3 is 5.97 Å². The standard InChI is InChI=1S/C22H21NO2/c1-25-22(24)21(20-10-6-3-7-11-20)23-16-17-12-14-19(15-13-17)18-8-4-2-5-9-18/h2-15,21,23H,16H2,1H3. The molecule has 0 spiro atoms. The summed E-state index contributed by atoms with van der Waals surface area (Å²) in [5.74, 6) is -0.285. The van der Waals surface area contributed by atoms with Crippen LogP contribution >= 0.6 is 0 Å². The summed E-state index contributed by atoms with van der Waals surface area (Å²) in [6, 6.07) is 27.8. The Balaban J connectivity index is 1.70. The number of methoxy groups -OCH3 is 1. The Hall–Kier alpha value is -2.91. The fraction of sp³-hybridized carbons (Fsp3) is 0.136. The van der Waals surface area contributed by atoms with Gasteiger partial charge < -0.3 is 4.74 Å². The van der Waals surface area contributed by atoms with E-state index in [0.29, 0.717) is 6.54 Å². The molecule has 0 aliphatic heterocycles. The number of hydrogen-bond acceptors (Lipinski definition) is 3. The number of esters is 1. The first-order chi connectivity index (χ1) is 12.3. The minimum Gasteiger partial charge on any atom is -0.468 e. The molecule has 1 N–H and O–H groups in total. The largest absolute Gasteiger partial charge is 0.468 e. The molecule has 3 aromatic rings. The Morgan fingerprint density at radius 1 is 0.840 bits per heavy atom. The summed E-state index contributed by atoms with van der Waals surface area (Å²) in [6.45, 7) is 0.587. The summed E-state index contributed by atoms with van der Waals surface area (Å²) in [6.07, 6.45) is 0. The maximum absolute atomic E-state index is 12.1. The van der Waals surface area contributed by atoms with E-state index in [9.17, 15) is 4.79 Å². The number of carbonyl (C=O) groups is 1. The van der Waals surface area contributed by atoms with E-state index in [2.05, 4.69) is 41.7 Å². The number of nitrogens with one attached hydrogen (secondary N) is 1. The molecular weight excluding hydrogens is 310 g/mol. The van der Waals surface area contributed by atoms with Crippen molar-refractivity contribution in [3.63, 3.8) is 0 Å². The Kier molecular flexibility index (Phi) is 5.60. The highest BCUT2D eigenvalue weighted by Crippen LogP contribution is 2.20. The van der Waals surface area contributed by atoms with E-state index in [1.165, 1.54) is 18.2 Å². The smallest absolute Gasteiger partial charge is 0.327 e. The van der Waals surface area contributed by atoms with Gasteiger partial charge in [0.25, 0.3) is 0 Å². The molecule has 0 saturated heterocycles. The van der Waals surface area contributed by atoms with E-state index < -0.39 is 6.04 Å². The van der Waals surface area contributed by atoms with Crippen LogP contribution in [0.2, 0.25) is 0 Å². The zero-order valence-electron chi connectivity index (χ0n) is 14.2. The number of carbonyl (C=O) groups excluding carboxylic acids is 1. The first-order valence-electron chi connectivity index (χ1n) is 8.28. The molecule has 0 radical (unpaired) electrons. The van der Waals surface area contributed by atoms with Crippen LogP contribution in [0.1, 0.15) is 17.2 Å². The SMILES string of the molecule is COC(=O)C(NCc1ccc(-c2ccccc2)cc1)c1ccccc1. The molecule has 1 atom stereocenters. The Bertz CT molecular complexity index is 798. The Morgan fingerprint density at radius 3 is 2.00 bits per heavy atom. The van der Waals surface area contributed by atoms with E-state index in [1.807, 2.05) is 48.5 Å². The fourth-order valence-corrected chi connectivity index (χ4v) is 2.77. The third-order valence-electron chi connectivity index (χ3n) is 4.14. The van der Waals surface area contributed by atoms with Crippen LogP contribution in [0.4, 0.5) is 0 Å².